The summed E-state index contributed by atoms with van der Waals surface area (Å²) in [5, 5.41) is 3.48. The zero-order valence-corrected chi connectivity index (χ0v) is 10.6. The second-order valence-corrected chi connectivity index (χ2v) is 5.90. The molecule has 0 aromatic rings. The minimum atomic E-state index is 0.663. The number of rotatable bonds is 2. The van der Waals surface area contributed by atoms with Crippen molar-refractivity contribution in [3.8, 4) is 0 Å². The fourth-order valence-electron chi connectivity index (χ4n) is 3.48. The molecular formula is C13H26N2. The minimum absolute atomic E-state index is 0.663. The van der Waals surface area contributed by atoms with Crippen molar-refractivity contribution in [2.45, 2.75) is 58.0 Å². The van der Waals surface area contributed by atoms with E-state index in [9.17, 15) is 0 Å². The number of nitrogens with one attached hydrogen (secondary N) is 1. The van der Waals surface area contributed by atoms with Gasteiger partial charge < -0.3 is 10.2 Å². The highest BCUT2D eigenvalue weighted by Crippen LogP contribution is 2.44. The number of hydrogen-bond acceptors (Lipinski definition) is 2. The van der Waals surface area contributed by atoms with Crippen LogP contribution in [0.3, 0.4) is 0 Å². The van der Waals surface area contributed by atoms with Crippen molar-refractivity contribution < 1.29 is 0 Å². The largest absolute Gasteiger partial charge is 0.317 e. The van der Waals surface area contributed by atoms with Crippen molar-refractivity contribution in [1.82, 2.24) is 10.2 Å². The number of likely N-dealkylation sites (tertiary alicyclic amines) is 1. The summed E-state index contributed by atoms with van der Waals surface area (Å²) in [7, 11) is 2.12. The fraction of sp³-hybridized carbons (Fsp3) is 1.00. The van der Waals surface area contributed by atoms with Crippen LogP contribution in [0, 0.1) is 5.41 Å². The third-order valence-electron chi connectivity index (χ3n) is 4.55. The molecule has 0 amide bonds. The molecule has 2 aliphatic rings. The van der Waals surface area contributed by atoms with Crippen molar-refractivity contribution in [3.63, 3.8) is 0 Å². The Bertz CT molecular complexity index is 215. The lowest BCUT2D eigenvalue weighted by atomic mass is 9.71. The zero-order valence-electron chi connectivity index (χ0n) is 10.6. The van der Waals surface area contributed by atoms with Crippen LogP contribution in [-0.4, -0.2) is 37.1 Å². The fourth-order valence-corrected chi connectivity index (χ4v) is 3.48. The Balaban J connectivity index is 1.96. The van der Waals surface area contributed by atoms with Gasteiger partial charge in [0.05, 0.1) is 0 Å². The van der Waals surface area contributed by atoms with Crippen LogP contribution in [0.15, 0.2) is 0 Å². The van der Waals surface area contributed by atoms with Crippen LogP contribution in [-0.2, 0) is 0 Å². The van der Waals surface area contributed by atoms with E-state index in [1.807, 2.05) is 0 Å². The molecule has 1 aliphatic heterocycles. The third kappa shape index (κ3) is 2.36. The molecule has 1 spiro atoms. The van der Waals surface area contributed by atoms with Gasteiger partial charge in [0.2, 0.25) is 0 Å². The van der Waals surface area contributed by atoms with E-state index in [1.165, 1.54) is 45.2 Å². The summed E-state index contributed by atoms with van der Waals surface area (Å²) >= 11 is 0. The molecule has 2 nitrogen and oxygen atoms in total. The van der Waals surface area contributed by atoms with Crippen LogP contribution in [0.1, 0.15) is 46.0 Å². The average molecular weight is 210 g/mol. The summed E-state index contributed by atoms with van der Waals surface area (Å²) in [6, 6.07) is 1.52. The molecule has 15 heavy (non-hydrogen) atoms. The van der Waals surface area contributed by atoms with E-state index < -0.39 is 0 Å². The molecule has 1 saturated carbocycles. The molecule has 2 heteroatoms. The smallest absolute Gasteiger partial charge is 0.00698 e. The first kappa shape index (κ1) is 11.4. The summed E-state index contributed by atoms with van der Waals surface area (Å²) in [6.07, 6.45) is 7.13. The van der Waals surface area contributed by atoms with Gasteiger partial charge in [-0.2, -0.15) is 0 Å². The second-order valence-electron chi connectivity index (χ2n) is 5.90. The summed E-state index contributed by atoms with van der Waals surface area (Å²) in [5.41, 5.74) is 0.663. The maximum Gasteiger partial charge on any atom is 0.00698 e. The highest BCUT2D eigenvalue weighted by molar-refractivity contribution is 4.96. The Labute approximate surface area is 94.4 Å². The standard InChI is InChI=1S/C13H26N2/c1-11(2)15-8-7-13(10-15)6-4-5-12(9-13)14-3/h11-12,14H,4-10H2,1-3H3/t12-,13?/m1/s1. The van der Waals surface area contributed by atoms with Crippen molar-refractivity contribution >= 4 is 0 Å². The molecule has 1 saturated heterocycles. The third-order valence-corrected chi connectivity index (χ3v) is 4.55. The summed E-state index contributed by atoms with van der Waals surface area (Å²) in [5.74, 6) is 0. The normalized spacial score (nSPS) is 38.0. The van der Waals surface area contributed by atoms with Crippen LogP contribution in [0.2, 0.25) is 0 Å². The molecular weight excluding hydrogens is 184 g/mol. The molecule has 0 radical (unpaired) electrons. The Morgan fingerprint density at radius 3 is 2.73 bits per heavy atom. The molecule has 0 aromatic heterocycles. The first-order valence-electron chi connectivity index (χ1n) is 6.56. The maximum atomic E-state index is 3.48. The molecule has 1 aliphatic carbocycles. The van der Waals surface area contributed by atoms with Gasteiger partial charge in [-0.1, -0.05) is 6.42 Å². The van der Waals surface area contributed by atoms with Crippen LogP contribution < -0.4 is 5.32 Å². The SMILES string of the molecule is CN[C@@H]1CCCC2(CCN(C(C)C)C2)C1. The summed E-state index contributed by atoms with van der Waals surface area (Å²) in [4.78, 5) is 2.66. The van der Waals surface area contributed by atoms with E-state index in [4.69, 9.17) is 0 Å². The molecule has 88 valence electrons. The zero-order chi connectivity index (χ0) is 10.9. The highest BCUT2D eigenvalue weighted by atomic mass is 15.2. The molecule has 2 rings (SSSR count). The van der Waals surface area contributed by atoms with Crippen molar-refractivity contribution in [2.24, 2.45) is 5.41 Å². The molecule has 0 aromatic carbocycles. The van der Waals surface area contributed by atoms with E-state index in [0.29, 0.717) is 5.41 Å². The van der Waals surface area contributed by atoms with Crippen LogP contribution >= 0.6 is 0 Å². The minimum Gasteiger partial charge on any atom is -0.317 e. The average Bonchev–Trinajstić information content (AvgIpc) is 2.62. The molecule has 1 N–H and O–H groups in total. The Morgan fingerprint density at radius 1 is 1.33 bits per heavy atom. The number of nitrogens with zero attached hydrogens (tertiary/aromatic N) is 1. The van der Waals surface area contributed by atoms with Gasteiger partial charge >= 0.3 is 0 Å². The Kier molecular flexibility index (Phi) is 3.36. The molecule has 0 bridgehead atoms. The van der Waals surface area contributed by atoms with Gasteiger partial charge in [0, 0.05) is 18.6 Å². The maximum absolute atomic E-state index is 3.48. The van der Waals surface area contributed by atoms with Crippen LogP contribution in [0.5, 0.6) is 0 Å². The molecule has 1 unspecified atom stereocenters. The van der Waals surface area contributed by atoms with Gasteiger partial charge in [-0.3, -0.25) is 0 Å². The topological polar surface area (TPSA) is 15.3 Å². The molecule has 2 fully saturated rings. The quantitative estimate of drug-likeness (QED) is 0.752. The lowest BCUT2D eigenvalue weighted by molar-refractivity contribution is 0.149. The van der Waals surface area contributed by atoms with Gasteiger partial charge in [-0.05, 0) is 58.5 Å². The molecule has 1 heterocycles. The Hall–Kier alpha value is -0.0800. The lowest BCUT2D eigenvalue weighted by Crippen LogP contribution is -2.40. The second kappa shape index (κ2) is 4.42. The van der Waals surface area contributed by atoms with Gasteiger partial charge in [-0.25, -0.2) is 0 Å². The predicted molar refractivity (Wildman–Crippen MR) is 65.1 cm³/mol. The lowest BCUT2D eigenvalue weighted by Gasteiger charge is -2.38. The first-order chi connectivity index (χ1) is 7.15. The first-order valence-corrected chi connectivity index (χ1v) is 6.56. The van der Waals surface area contributed by atoms with Crippen LogP contribution in [0.25, 0.3) is 0 Å². The van der Waals surface area contributed by atoms with Gasteiger partial charge in [0.1, 0.15) is 0 Å². The van der Waals surface area contributed by atoms with Crippen molar-refractivity contribution in [3.05, 3.63) is 0 Å². The van der Waals surface area contributed by atoms with Gasteiger partial charge in [0.15, 0.2) is 0 Å². The monoisotopic (exact) mass is 210 g/mol. The van der Waals surface area contributed by atoms with Gasteiger partial charge in [0.25, 0.3) is 0 Å². The van der Waals surface area contributed by atoms with Crippen molar-refractivity contribution in [1.29, 1.82) is 0 Å². The van der Waals surface area contributed by atoms with E-state index in [2.05, 4.69) is 31.1 Å². The van der Waals surface area contributed by atoms with Crippen molar-refractivity contribution in [2.75, 3.05) is 20.1 Å². The predicted octanol–water partition coefficient (Wildman–Crippen LogP) is 2.25. The van der Waals surface area contributed by atoms with E-state index >= 15 is 0 Å². The van der Waals surface area contributed by atoms with E-state index in [1.54, 1.807) is 0 Å². The Morgan fingerprint density at radius 2 is 2.13 bits per heavy atom. The van der Waals surface area contributed by atoms with Gasteiger partial charge in [-0.15, -0.1) is 0 Å². The molecule has 2 atom stereocenters. The van der Waals surface area contributed by atoms with E-state index in [-0.39, 0.29) is 0 Å². The van der Waals surface area contributed by atoms with Crippen LogP contribution in [0.4, 0.5) is 0 Å². The highest BCUT2D eigenvalue weighted by Gasteiger charge is 2.41. The summed E-state index contributed by atoms with van der Waals surface area (Å²) < 4.78 is 0. The van der Waals surface area contributed by atoms with E-state index in [0.717, 1.165) is 12.1 Å². The summed E-state index contributed by atoms with van der Waals surface area (Å²) in [6.45, 7) is 7.34. The number of hydrogen-bond donors (Lipinski definition) is 1.